The Bertz CT molecular complexity index is 396. The van der Waals surface area contributed by atoms with Crippen molar-refractivity contribution >= 4 is 23.2 Å². The van der Waals surface area contributed by atoms with Crippen LogP contribution in [0.2, 0.25) is 5.02 Å². The number of carbonyl (C=O) groups is 1. The number of amides is 1. The molecular weight excluding hydrogens is 240 g/mol. The molecule has 94 valence electrons. The smallest absolute Gasteiger partial charge is 0.241 e. The number of ether oxygens (including phenoxy) is 1. The third-order valence-corrected chi connectivity index (χ3v) is 2.79. The molecule has 0 heterocycles. The Morgan fingerprint density at radius 1 is 1.53 bits per heavy atom. The first kappa shape index (κ1) is 13.6. The van der Waals surface area contributed by atoms with E-state index < -0.39 is 0 Å². The molecule has 0 aromatic heterocycles. The Balaban J connectivity index is 2.58. The lowest BCUT2D eigenvalue weighted by Gasteiger charge is -2.15. The summed E-state index contributed by atoms with van der Waals surface area (Å²) in [7, 11) is 3.33. The number of benzene rings is 1. The molecule has 0 atom stereocenters. The van der Waals surface area contributed by atoms with Gasteiger partial charge in [0.1, 0.15) is 5.75 Å². The number of hydrogen-bond donors (Lipinski definition) is 1. The van der Waals surface area contributed by atoms with E-state index in [0.717, 1.165) is 5.69 Å². The van der Waals surface area contributed by atoms with Gasteiger partial charge in [-0.25, -0.2) is 0 Å². The Labute approximate surface area is 107 Å². The monoisotopic (exact) mass is 256 g/mol. The maximum atomic E-state index is 11.6. The van der Waals surface area contributed by atoms with E-state index >= 15 is 0 Å². The fourth-order valence-corrected chi connectivity index (χ4v) is 1.52. The summed E-state index contributed by atoms with van der Waals surface area (Å²) in [6.07, 6.45) is 0. The van der Waals surface area contributed by atoms with Crippen molar-refractivity contribution < 1.29 is 9.53 Å². The van der Waals surface area contributed by atoms with E-state index in [0.29, 0.717) is 17.3 Å². The van der Waals surface area contributed by atoms with E-state index in [-0.39, 0.29) is 12.5 Å². The summed E-state index contributed by atoms with van der Waals surface area (Å²) in [6.45, 7) is 2.89. The van der Waals surface area contributed by atoms with Crippen molar-refractivity contribution in [3.8, 4) is 5.75 Å². The van der Waals surface area contributed by atoms with Crippen LogP contribution in [0.5, 0.6) is 5.75 Å². The van der Waals surface area contributed by atoms with Gasteiger partial charge in [-0.3, -0.25) is 4.79 Å². The van der Waals surface area contributed by atoms with Gasteiger partial charge in [-0.1, -0.05) is 11.6 Å². The molecule has 17 heavy (non-hydrogen) atoms. The molecule has 0 spiro atoms. The van der Waals surface area contributed by atoms with Gasteiger partial charge in [-0.2, -0.15) is 0 Å². The average molecular weight is 257 g/mol. The number of anilines is 1. The van der Waals surface area contributed by atoms with Crippen LogP contribution in [0, 0.1) is 0 Å². The Kier molecular flexibility index (Phi) is 5.10. The SMILES string of the molecule is CCN(C)C(=O)CNc1ccc(OC)c(Cl)c1. The van der Waals surface area contributed by atoms with E-state index in [1.165, 1.54) is 0 Å². The van der Waals surface area contributed by atoms with Crippen LogP contribution in [0.25, 0.3) is 0 Å². The lowest BCUT2D eigenvalue weighted by Crippen LogP contribution is -2.31. The highest BCUT2D eigenvalue weighted by Crippen LogP contribution is 2.26. The summed E-state index contributed by atoms with van der Waals surface area (Å²) in [5, 5.41) is 3.54. The molecule has 0 aliphatic heterocycles. The van der Waals surface area contributed by atoms with Gasteiger partial charge >= 0.3 is 0 Å². The average Bonchev–Trinajstić information content (AvgIpc) is 2.35. The van der Waals surface area contributed by atoms with Gasteiger partial charge in [0.15, 0.2) is 0 Å². The Morgan fingerprint density at radius 2 is 2.24 bits per heavy atom. The molecule has 1 aromatic carbocycles. The van der Waals surface area contributed by atoms with E-state index in [1.807, 2.05) is 13.0 Å². The zero-order chi connectivity index (χ0) is 12.8. The molecule has 1 rings (SSSR count). The molecule has 0 aliphatic carbocycles. The summed E-state index contributed by atoms with van der Waals surface area (Å²) in [4.78, 5) is 13.2. The standard InChI is InChI=1S/C12H17ClN2O2/c1-4-15(2)12(16)8-14-9-5-6-11(17-3)10(13)7-9/h5-7,14H,4,8H2,1-3H3. The van der Waals surface area contributed by atoms with Crippen molar-refractivity contribution in [2.24, 2.45) is 0 Å². The van der Waals surface area contributed by atoms with Crippen LogP contribution in [0.3, 0.4) is 0 Å². The molecule has 0 aliphatic rings. The molecular formula is C12H17ClN2O2. The third-order valence-electron chi connectivity index (χ3n) is 2.50. The van der Waals surface area contributed by atoms with Crippen molar-refractivity contribution in [2.45, 2.75) is 6.92 Å². The third kappa shape index (κ3) is 3.82. The zero-order valence-electron chi connectivity index (χ0n) is 10.3. The highest BCUT2D eigenvalue weighted by Gasteiger charge is 2.07. The number of hydrogen-bond acceptors (Lipinski definition) is 3. The lowest BCUT2D eigenvalue weighted by atomic mass is 10.3. The lowest BCUT2D eigenvalue weighted by molar-refractivity contribution is -0.127. The number of likely N-dealkylation sites (N-methyl/N-ethyl adjacent to an activating group) is 1. The van der Waals surface area contributed by atoms with Gasteiger partial charge < -0.3 is 15.0 Å². The normalized spacial score (nSPS) is 9.88. The fraction of sp³-hybridized carbons (Fsp3) is 0.417. The molecule has 0 radical (unpaired) electrons. The van der Waals surface area contributed by atoms with Crippen LogP contribution in [0.4, 0.5) is 5.69 Å². The minimum absolute atomic E-state index is 0.0411. The number of nitrogens with zero attached hydrogens (tertiary/aromatic N) is 1. The van der Waals surface area contributed by atoms with E-state index in [4.69, 9.17) is 16.3 Å². The van der Waals surface area contributed by atoms with Crippen LogP contribution < -0.4 is 10.1 Å². The predicted octanol–water partition coefficient (Wildman–Crippen LogP) is 2.24. The zero-order valence-corrected chi connectivity index (χ0v) is 11.0. The molecule has 5 heteroatoms. The summed E-state index contributed by atoms with van der Waals surface area (Å²) in [5.41, 5.74) is 0.800. The molecule has 1 aromatic rings. The molecule has 0 saturated heterocycles. The van der Waals surface area contributed by atoms with Crippen molar-refractivity contribution in [3.05, 3.63) is 23.2 Å². The Hall–Kier alpha value is -1.42. The van der Waals surface area contributed by atoms with Crippen LogP contribution in [-0.4, -0.2) is 38.1 Å². The number of rotatable bonds is 5. The molecule has 0 unspecified atom stereocenters. The minimum atomic E-state index is 0.0411. The topological polar surface area (TPSA) is 41.6 Å². The summed E-state index contributed by atoms with van der Waals surface area (Å²) >= 11 is 5.97. The quantitative estimate of drug-likeness (QED) is 0.879. The second-order valence-electron chi connectivity index (χ2n) is 3.61. The van der Waals surface area contributed by atoms with Crippen LogP contribution in [0.1, 0.15) is 6.92 Å². The van der Waals surface area contributed by atoms with Crippen molar-refractivity contribution in [1.29, 1.82) is 0 Å². The molecule has 0 bridgehead atoms. The first-order valence-electron chi connectivity index (χ1n) is 5.39. The summed E-state index contributed by atoms with van der Waals surface area (Å²) in [6, 6.07) is 5.32. The Morgan fingerprint density at radius 3 is 2.76 bits per heavy atom. The van der Waals surface area contributed by atoms with E-state index in [1.54, 1.807) is 31.2 Å². The van der Waals surface area contributed by atoms with Crippen molar-refractivity contribution in [3.63, 3.8) is 0 Å². The van der Waals surface area contributed by atoms with Crippen LogP contribution in [0.15, 0.2) is 18.2 Å². The first-order chi connectivity index (χ1) is 8.08. The largest absolute Gasteiger partial charge is 0.495 e. The first-order valence-corrected chi connectivity index (χ1v) is 5.77. The van der Waals surface area contributed by atoms with Gasteiger partial charge in [0, 0.05) is 19.3 Å². The van der Waals surface area contributed by atoms with Gasteiger partial charge in [0.25, 0.3) is 0 Å². The predicted molar refractivity (Wildman–Crippen MR) is 69.8 cm³/mol. The van der Waals surface area contributed by atoms with E-state index in [2.05, 4.69) is 5.32 Å². The number of nitrogens with one attached hydrogen (secondary N) is 1. The van der Waals surface area contributed by atoms with Gasteiger partial charge in [-0.05, 0) is 25.1 Å². The van der Waals surface area contributed by atoms with Crippen molar-refractivity contribution in [1.82, 2.24) is 4.90 Å². The summed E-state index contributed by atoms with van der Waals surface area (Å²) < 4.78 is 5.05. The highest BCUT2D eigenvalue weighted by molar-refractivity contribution is 6.32. The number of carbonyl (C=O) groups excluding carboxylic acids is 1. The molecule has 1 amide bonds. The maximum absolute atomic E-state index is 11.6. The van der Waals surface area contributed by atoms with Gasteiger partial charge in [0.2, 0.25) is 5.91 Å². The second kappa shape index (κ2) is 6.35. The minimum Gasteiger partial charge on any atom is -0.495 e. The fourth-order valence-electron chi connectivity index (χ4n) is 1.27. The van der Waals surface area contributed by atoms with Crippen LogP contribution in [-0.2, 0) is 4.79 Å². The highest BCUT2D eigenvalue weighted by atomic mass is 35.5. The summed E-state index contributed by atoms with van der Waals surface area (Å²) in [5.74, 6) is 0.661. The molecule has 0 fully saturated rings. The number of halogens is 1. The molecule has 4 nitrogen and oxygen atoms in total. The maximum Gasteiger partial charge on any atom is 0.241 e. The van der Waals surface area contributed by atoms with E-state index in [9.17, 15) is 4.79 Å². The number of methoxy groups -OCH3 is 1. The van der Waals surface area contributed by atoms with Gasteiger partial charge in [-0.15, -0.1) is 0 Å². The van der Waals surface area contributed by atoms with Crippen molar-refractivity contribution in [2.75, 3.05) is 32.6 Å². The molecule has 1 N–H and O–H groups in total. The van der Waals surface area contributed by atoms with Crippen LogP contribution >= 0.6 is 11.6 Å². The molecule has 0 saturated carbocycles. The second-order valence-corrected chi connectivity index (χ2v) is 4.02. The van der Waals surface area contributed by atoms with Gasteiger partial charge in [0.05, 0.1) is 18.7 Å².